The molecule has 1 aromatic heterocycles. The van der Waals surface area contributed by atoms with Crippen LogP contribution in [0.1, 0.15) is 0 Å². The van der Waals surface area contributed by atoms with Crippen molar-refractivity contribution in [3.63, 3.8) is 0 Å². The molecule has 226 valence electrons. The van der Waals surface area contributed by atoms with E-state index in [9.17, 15) is 0 Å². The Labute approximate surface area is 279 Å². The lowest BCUT2D eigenvalue weighted by Crippen LogP contribution is -1.91. The van der Waals surface area contributed by atoms with E-state index in [1.54, 1.807) is 0 Å². The van der Waals surface area contributed by atoms with Crippen LogP contribution < -0.4 is 5.32 Å². The van der Waals surface area contributed by atoms with Crippen molar-refractivity contribution in [2.24, 2.45) is 0 Å². The highest BCUT2D eigenvalue weighted by Gasteiger charge is 2.11. The van der Waals surface area contributed by atoms with Crippen LogP contribution in [0.2, 0.25) is 0 Å². The monoisotopic (exact) mass is 613 g/mol. The molecule has 0 bridgehead atoms. The Morgan fingerprint density at radius 1 is 0.333 bits per heavy atom. The van der Waals surface area contributed by atoms with Crippen LogP contribution >= 0.6 is 0 Å². The molecule has 0 saturated heterocycles. The van der Waals surface area contributed by atoms with Crippen molar-refractivity contribution in [1.29, 1.82) is 0 Å². The van der Waals surface area contributed by atoms with Crippen molar-refractivity contribution in [2.75, 3.05) is 5.32 Å². The van der Waals surface area contributed by atoms with E-state index in [1.807, 2.05) is 24.3 Å². The average Bonchev–Trinajstić information content (AvgIpc) is 3.55. The summed E-state index contributed by atoms with van der Waals surface area (Å²) in [6.07, 6.45) is 0. The van der Waals surface area contributed by atoms with Gasteiger partial charge in [-0.05, 0) is 91.7 Å². The number of rotatable bonds is 6. The van der Waals surface area contributed by atoms with Gasteiger partial charge in [-0.15, -0.1) is 0 Å². The third-order valence-corrected chi connectivity index (χ3v) is 9.30. The van der Waals surface area contributed by atoms with E-state index in [0.717, 1.165) is 33.3 Å². The van der Waals surface area contributed by atoms with E-state index in [1.165, 1.54) is 55.3 Å². The van der Waals surface area contributed by atoms with Crippen molar-refractivity contribution in [3.05, 3.63) is 182 Å². The zero-order valence-corrected chi connectivity index (χ0v) is 26.2. The van der Waals surface area contributed by atoms with Gasteiger partial charge in [-0.1, -0.05) is 146 Å². The number of benzene rings is 8. The summed E-state index contributed by atoms with van der Waals surface area (Å²) in [5, 5.41) is 8.37. The number of hydrogen-bond donors (Lipinski definition) is 1. The Kier molecular flexibility index (Phi) is 6.84. The standard InChI is InChI=1S/C46H31NO/c1-2-7-39-30-40(25-24-31(39)6-1)38-22-20-35(21-23-38)34-14-12-32(13-15-34)33-16-18-36(19-17-33)37-26-28-41(29-27-37)47-43-9-5-11-45-46(43)42-8-3-4-10-44(42)48-45/h1-30,47H. The Morgan fingerprint density at radius 3 is 1.40 bits per heavy atom. The molecule has 0 amide bonds. The van der Waals surface area contributed by atoms with E-state index in [4.69, 9.17) is 4.42 Å². The van der Waals surface area contributed by atoms with Crippen molar-refractivity contribution in [1.82, 2.24) is 0 Å². The van der Waals surface area contributed by atoms with Gasteiger partial charge in [0, 0.05) is 11.1 Å². The molecular weight excluding hydrogens is 583 g/mol. The largest absolute Gasteiger partial charge is 0.456 e. The van der Waals surface area contributed by atoms with Gasteiger partial charge < -0.3 is 9.73 Å². The molecule has 1 heterocycles. The van der Waals surface area contributed by atoms with E-state index in [0.29, 0.717) is 0 Å². The lowest BCUT2D eigenvalue weighted by molar-refractivity contribution is 0.669. The average molecular weight is 614 g/mol. The lowest BCUT2D eigenvalue weighted by atomic mass is 9.96. The van der Waals surface area contributed by atoms with Gasteiger partial charge in [-0.2, -0.15) is 0 Å². The van der Waals surface area contributed by atoms with Crippen LogP contribution in [0.4, 0.5) is 11.4 Å². The molecule has 0 aliphatic heterocycles. The first-order valence-corrected chi connectivity index (χ1v) is 16.3. The molecule has 1 N–H and O–H groups in total. The van der Waals surface area contributed by atoms with Crippen molar-refractivity contribution >= 4 is 44.1 Å². The van der Waals surface area contributed by atoms with Gasteiger partial charge >= 0.3 is 0 Å². The van der Waals surface area contributed by atoms with Crippen LogP contribution in [0.5, 0.6) is 0 Å². The second-order valence-electron chi connectivity index (χ2n) is 12.3. The number of hydrogen-bond acceptors (Lipinski definition) is 2. The summed E-state index contributed by atoms with van der Waals surface area (Å²) in [7, 11) is 0. The fourth-order valence-corrected chi connectivity index (χ4v) is 6.71. The fourth-order valence-electron chi connectivity index (χ4n) is 6.71. The molecule has 9 rings (SSSR count). The Bertz CT molecular complexity index is 2540. The van der Waals surface area contributed by atoms with Crippen LogP contribution in [-0.4, -0.2) is 0 Å². The van der Waals surface area contributed by atoms with Crippen LogP contribution in [0.25, 0.3) is 77.2 Å². The third-order valence-electron chi connectivity index (χ3n) is 9.30. The molecule has 2 nitrogen and oxygen atoms in total. The molecule has 0 fully saturated rings. The highest BCUT2D eigenvalue weighted by molar-refractivity contribution is 6.12. The highest BCUT2D eigenvalue weighted by Crippen LogP contribution is 2.36. The summed E-state index contributed by atoms with van der Waals surface area (Å²) < 4.78 is 6.06. The van der Waals surface area contributed by atoms with Crippen LogP contribution in [0.15, 0.2) is 186 Å². The number of nitrogens with one attached hydrogen (secondary N) is 1. The summed E-state index contributed by atoms with van der Waals surface area (Å²) in [6, 6.07) is 64.7. The van der Waals surface area contributed by atoms with Gasteiger partial charge in [0.25, 0.3) is 0 Å². The highest BCUT2D eigenvalue weighted by atomic mass is 16.3. The van der Waals surface area contributed by atoms with E-state index in [-0.39, 0.29) is 0 Å². The molecule has 0 radical (unpaired) electrons. The number of fused-ring (bicyclic) bond motifs is 4. The first kappa shape index (κ1) is 27.9. The molecule has 2 heteroatoms. The molecule has 8 aromatic carbocycles. The summed E-state index contributed by atoms with van der Waals surface area (Å²) >= 11 is 0. The molecule has 0 aliphatic rings. The van der Waals surface area contributed by atoms with Crippen LogP contribution in [0, 0.1) is 0 Å². The maximum absolute atomic E-state index is 6.06. The minimum Gasteiger partial charge on any atom is -0.456 e. The van der Waals surface area contributed by atoms with Crippen LogP contribution in [-0.2, 0) is 0 Å². The zero-order chi connectivity index (χ0) is 31.9. The van der Waals surface area contributed by atoms with Gasteiger partial charge in [0.1, 0.15) is 11.2 Å². The Hall–Kier alpha value is -6.38. The third kappa shape index (κ3) is 5.20. The maximum Gasteiger partial charge on any atom is 0.137 e. The van der Waals surface area contributed by atoms with Gasteiger partial charge in [0.2, 0.25) is 0 Å². The molecule has 0 spiro atoms. The summed E-state index contributed by atoms with van der Waals surface area (Å²) in [4.78, 5) is 0. The van der Waals surface area contributed by atoms with E-state index < -0.39 is 0 Å². The predicted octanol–water partition coefficient (Wildman–Crippen LogP) is 13.2. The van der Waals surface area contributed by atoms with E-state index in [2.05, 4.69) is 163 Å². The number of anilines is 2. The summed E-state index contributed by atoms with van der Waals surface area (Å²) in [5.74, 6) is 0. The number of para-hydroxylation sites is 1. The van der Waals surface area contributed by atoms with Gasteiger partial charge in [-0.3, -0.25) is 0 Å². The number of furan rings is 1. The van der Waals surface area contributed by atoms with Crippen molar-refractivity contribution < 1.29 is 4.42 Å². The lowest BCUT2D eigenvalue weighted by Gasteiger charge is -2.10. The molecule has 0 unspecified atom stereocenters. The zero-order valence-electron chi connectivity index (χ0n) is 26.2. The summed E-state index contributed by atoms with van der Waals surface area (Å²) in [6.45, 7) is 0. The SMILES string of the molecule is c1ccc2cc(-c3ccc(-c4ccc(-c5ccc(-c6ccc(Nc7cccc8oc9ccccc9c78)cc6)cc5)cc4)cc3)ccc2c1. The topological polar surface area (TPSA) is 25.2 Å². The molecule has 48 heavy (non-hydrogen) atoms. The quantitative estimate of drug-likeness (QED) is 0.202. The van der Waals surface area contributed by atoms with Gasteiger partial charge in [0.15, 0.2) is 0 Å². The summed E-state index contributed by atoms with van der Waals surface area (Å²) in [5.41, 5.74) is 13.6. The smallest absolute Gasteiger partial charge is 0.137 e. The molecular formula is C46H31NO. The second-order valence-corrected chi connectivity index (χ2v) is 12.3. The van der Waals surface area contributed by atoms with E-state index >= 15 is 0 Å². The van der Waals surface area contributed by atoms with Crippen LogP contribution in [0.3, 0.4) is 0 Å². The normalized spacial score (nSPS) is 11.3. The first-order chi connectivity index (χ1) is 23.7. The van der Waals surface area contributed by atoms with Gasteiger partial charge in [0.05, 0.1) is 11.1 Å². The Balaban J connectivity index is 0.891. The minimum absolute atomic E-state index is 0.888. The Morgan fingerprint density at radius 2 is 0.792 bits per heavy atom. The first-order valence-electron chi connectivity index (χ1n) is 16.3. The second kappa shape index (κ2) is 11.8. The predicted molar refractivity (Wildman–Crippen MR) is 203 cm³/mol. The fraction of sp³-hybridized carbons (Fsp3) is 0. The molecule has 0 aliphatic carbocycles. The van der Waals surface area contributed by atoms with Crippen molar-refractivity contribution in [3.8, 4) is 44.5 Å². The minimum atomic E-state index is 0.888. The molecule has 0 saturated carbocycles. The molecule has 9 aromatic rings. The molecule has 0 atom stereocenters. The van der Waals surface area contributed by atoms with Gasteiger partial charge in [-0.25, -0.2) is 0 Å². The van der Waals surface area contributed by atoms with Crippen molar-refractivity contribution in [2.45, 2.75) is 0 Å². The maximum atomic E-state index is 6.06.